The maximum Gasteiger partial charge on any atom is 0.172 e. The summed E-state index contributed by atoms with van der Waals surface area (Å²) in [5.74, 6) is 1.75. The minimum atomic E-state index is 0.623. The molecular weight excluding hydrogens is 316 g/mol. The molecule has 0 radical (unpaired) electrons. The van der Waals surface area contributed by atoms with Gasteiger partial charge in [-0.2, -0.15) is 0 Å². The fourth-order valence-electron chi connectivity index (χ4n) is 2.95. The summed E-state index contributed by atoms with van der Waals surface area (Å²) in [5.41, 5.74) is 2.69. The van der Waals surface area contributed by atoms with Crippen molar-refractivity contribution >= 4 is 22.7 Å². The summed E-state index contributed by atoms with van der Waals surface area (Å²) in [6, 6.07) is 7.96. The number of nitrogens with zero attached hydrogens (tertiary/aromatic N) is 6. The van der Waals surface area contributed by atoms with Gasteiger partial charge in [-0.1, -0.05) is 12.1 Å². The molecule has 7 nitrogen and oxygen atoms in total. The second-order valence-electron chi connectivity index (χ2n) is 6.01. The van der Waals surface area contributed by atoms with Crippen molar-refractivity contribution < 1.29 is 4.74 Å². The number of para-hydroxylation sites is 2. The number of hydrogen-bond acceptors (Lipinski definition) is 7. The van der Waals surface area contributed by atoms with E-state index in [0.29, 0.717) is 19.8 Å². The van der Waals surface area contributed by atoms with Gasteiger partial charge in [0.15, 0.2) is 11.6 Å². The zero-order valence-corrected chi connectivity index (χ0v) is 14.2. The highest BCUT2D eigenvalue weighted by Crippen LogP contribution is 2.28. The van der Waals surface area contributed by atoms with Gasteiger partial charge in [-0.3, -0.25) is 9.97 Å². The van der Waals surface area contributed by atoms with Crippen molar-refractivity contribution in [1.29, 1.82) is 0 Å². The minimum Gasteiger partial charge on any atom is -0.378 e. The molecule has 0 bridgehead atoms. The van der Waals surface area contributed by atoms with Gasteiger partial charge in [0.25, 0.3) is 0 Å². The van der Waals surface area contributed by atoms with E-state index in [2.05, 4.69) is 19.8 Å². The van der Waals surface area contributed by atoms with Crippen LogP contribution in [0.5, 0.6) is 0 Å². The molecule has 0 atom stereocenters. The minimum absolute atomic E-state index is 0.623. The summed E-state index contributed by atoms with van der Waals surface area (Å²) < 4.78 is 5.48. The zero-order chi connectivity index (χ0) is 17.1. The van der Waals surface area contributed by atoms with Crippen LogP contribution in [-0.4, -0.2) is 53.3 Å². The van der Waals surface area contributed by atoms with E-state index in [0.717, 1.165) is 41.5 Å². The van der Waals surface area contributed by atoms with E-state index < -0.39 is 0 Å². The van der Waals surface area contributed by atoms with Crippen LogP contribution in [0.1, 0.15) is 5.69 Å². The van der Waals surface area contributed by atoms with Crippen molar-refractivity contribution in [3.63, 3.8) is 0 Å². The maximum atomic E-state index is 5.48. The maximum absolute atomic E-state index is 5.48. The Morgan fingerprint density at radius 2 is 1.84 bits per heavy atom. The summed E-state index contributed by atoms with van der Waals surface area (Å²) in [4.78, 5) is 22.6. The largest absolute Gasteiger partial charge is 0.378 e. The molecule has 3 aromatic rings. The Morgan fingerprint density at radius 1 is 1.08 bits per heavy atom. The van der Waals surface area contributed by atoms with Crippen molar-refractivity contribution in [3.05, 3.63) is 48.5 Å². The summed E-state index contributed by atoms with van der Waals surface area (Å²) in [6.45, 7) is 3.68. The number of fused-ring (bicyclic) bond motifs is 1. The van der Waals surface area contributed by atoms with Crippen LogP contribution in [0.4, 0.5) is 11.6 Å². The Morgan fingerprint density at radius 3 is 2.56 bits per heavy atom. The van der Waals surface area contributed by atoms with Gasteiger partial charge in [-0.15, -0.1) is 0 Å². The van der Waals surface area contributed by atoms with Crippen molar-refractivity contribution in [3.8, 4) is 0 Å². The zero-order valence-electron chi connectivity index (χ0n) is 14.2. The van der Waals surface area contributed by atoms with Crippen LogP contribution < -0.4 is 9.80 Å². The van der Waals surface area contributed by atoms with Gasteiger partial charge in [-0.05, 0) is 12.1 Å². The number of aromatic nitrogens is 4. The first-order valence-corrected chi connectivity index (χ1v) is 8.37. The molecule has 1 aliphatic heterocycles. The Balaban J connectivity index is 1.74. The van der Waals surface area contributed by atoms with Gasteiger partial charge in [0.1, 0.15) is 0 Å². The first kappa shape index (κ1) is 15.7. The third-order valence-corrected chi connectivity index (χ3v) is 4.22. The molecule has 25 heavy (non-hydrogen) atoms. The molecular formula is C18H20N6O. The van der Waals surface area contributed by atoms with E-state index in [-0.39, 0.29) is 0 Å². The smallest absolute Gasteiger partial charge is 0.172 e. The lowest BCUT2D eigenvalue weighted by molar-refractivity contribution is 0.122. The first-order valence-electron chi connectivity index (χ1n) is 8.37. The third-order valence-electron chi connectivity index (χ3n) is 4.22. The van der Waals surface area contributed by atoms with E-state index in [1.165, 1.54) is 0 Å². The Bertz CT molecular complexity index is 851. The summed E-state index contributed by atoms with van der Waals surface area (Å²) in [6.07, 6.45) is 5.16. The summed E-state index contributed by atoms with van der Waals surface area (Å²) in [5, 5.41) is 0. The standard InChI is InChI=1S/C18H20N6O/c1-23(13-14-12-19-6-7-20-14)17-18(24-8-10-25-11-9-24)22-16-5-3-2-4-15(16)21-17/h2-7,12H,8-11,13H2,1H3. The van der Waals surface area contributed by atoms with E-state index in [1.807, 2.05) is 31.3 Å². The van der Waals surface area contributed by atoms with Crippen LogP contribution in [0.3, 0.4) is 0 Å². The van der Waals surface area contributed by atoms with Crippen LogP contribution in [0.15, 0.2) is 42.9 Å². The van der Waals surface area contributed by atoms with Gasteiger partial charge in [0.05, 0.1) is 42.7 Å². The fraction of sp³-hybridized carbons (Fsp3) is 0.333. The van der Waals surface area contributed by atoms with Crippen molar-refractivity contribution in [2.75, 3.05) is 43.2 Å². The van der Waals surface area contributed by atoms with Gasteiger partial charge in [-0.25, -0.2) is 9.97 Å². The van der Waals surface area contributed by atoms with Gasteiger partial charge in [0.2, 0.25) is 0 Å². The lowest BCUT2D eigenvalue weighted by atomic mass is 10.3. The molecule has 0 saturated carbocycles. The fourth-order valence-corrected chi connectivity index (χ4v) is 2.95. The molecule has 0 amide bonds. The number of hydrogen-bond donors (Lipinski definition) is 0. The van der Waals surface area contributed by atoms with Crippen LogP contribution in [-0.2, 0) is 11.3 Å². The SMILES string of the molecule is CN(Cc1cnccn1)c1nc2ccccc2nc1N1CCOCC1. The van der Waals surface area contributed by atoms with Gasteiger partial charge in [0, 0.05) is 32.5 Å². The number of morpholine rings is 1. The van der Waals surface area contributed by atoms with Crippen LogP contribution in [0, 0.1) is 0 Å². The number of benzene rings is 1. The summed E-state index contributed by atoms with van der Waals surface area (Å²) >= 11 is 0. The molecule has 2 aromatic heterocycles. The number of rotatable bonds is 4. The predicted octanol–water partition coefficient (Wildman–Crippen LogP) is 1.89. The normalized spacial score (nSPS) is 14.7. The average Bonchev–Trinajstić information content (AvgIpc) is 2.68. The van der Waals surface area contributed by atoms with E-state index in [9.17, 15) is 0 Å². The van der Waals surface area contributed by atoms with Crippen LogP contribution in [0.25, 0.3) is 11.0 Å². The number of ether oxygens (including phenoxy) is 1. The van der Waals surface area contributed by atoms with Crippen LogP contribution >= 0.6 is 0 Å². The van der Waals surface area contributed by atoms with Gasteiger partial charge >= 0.3 is 0 Å². The van der Waals surface area contributed by atoms with Crippen molar-refractivity contribution in [2.24, 2.45) is 0 Å². The highest BCUT2D eigenvalue weighted by Gasteiger charge is 2.21. The molecule has 0 aliphatic carbocycles. The molecule has 0 unspecified atom stereocenters. The Hall–Kier alpha value is -2.80. The quantitative estimate of drug-likeness (QED) is 0.721. The van der Waals surface area contributed by atoms with Crippen molar-refractivity contribution in [1.82, 2.24) is 19.9 Å². The third kappa shape index (κ3) is 3.36. The lowest BCUT2D eigenvalue weighted by Crippen LogP contribution is -2.38. The highest BCUT2D eigenvalue weighted by molar-refractivity contribution is 5.80. The lowest BCUT2D eigenvalue weighted by Gasteiger charge is -2.31. The average molecular weight is 336 g/mol. The number of anilines is 2. The molecule has 128 valence electrons. The van der Waals surface area contributed by atoms with E-state index in [1.54, 1.807) is 18.6 Å². The topological polar surface area (TPSA) is 67.3 Å². The Kier molecular flexibility index (Phi) is 4.39. The molecule has 0 spiro atoms. The van der Waals surface area contributed by atoms with Gasteiger partial charge < -0.3 is 14.5 Å². The second kappa shape index (κ2) is 6.98. The molecule has 1 saturated heterocycles. The van der Waals surface area contributed by atoms with Crippen molar-refractivity contribution in [2.45, 2.75) is 6.54 Å². The molecule has 4 rings (SSSR count). The molecule has 3 heterocycles. The highest BCUT2D eigenvalue weighted by atomic mass is 16.5. The van der Waals surface area contributed by atoms with E-state index >= 15 is 0 Å². The molecule has 7 heteroatoms. The molecule has 1 fully saturated rings. The second-order valence-corrected chi connectivity index (χ2v) is 6.01. The molecule has 1 aromatic carbocycles. The monoisotopic (exact) mass is 336 g/mol. The Labute approximate surface area is 146 Å². The molecule has 0 N–H and O–H groups in total. The van der Waals surface area contributed by atoms with Crippen LogP contribution in [0.2, 0.25) is 0 Å². The summed E-state index contributed by atoms with van der Waals surface area (Å²) in [7, 11) is 2.01. The van der Waals surface area contributed by atoms with E-state index in [4.69, 9.17) is 14.7 Å². The molecule has 1 aliphatic rings. The predicted molar refractivity (Wildman–Crippen MR) is 96.7 cm³/mol. The first-order chi connectivity index (χ1) is 12.3.